The van der Waals surface area contributed by atoms with Gasteiger partial charge >= 0.3 is 5.97 Å². The van der Waals surface area contributed by atoms with Crippen molar-refractivity contribution in [2.24, 2.45) is 0 Å². The predicted octanol–water partition coefficient (Wildman–Crippen LogP) is 2.53. The van der Waals surface area contributed by atoms with Crippen LogP contribution in [0.25, 0.3) is 11.1 Å². The number of hydrogen-bond donors (Lipinski definition) is 1. The van der Waals surface area contributed by atoms with Gasteiger partial charge in [-0.3, -0.25) is 9.59 Å². The summed E-state index contributed by atoms with van der Waals surface area (Å²) in [6.45, 7) is 5.77. The van der Waals surface area contributed by atoms with Crippen LogP contribution in [0, 0.1) is 20.8 Å². The van der Waals surface area contributed by atoms with E-state index in [1.165, 1.54) is 21.8 Å². The summed E-state index contributed by atoms with van der Waals surface area (Å²) in [5.41, 5.74) is 5.05. The molecule has 1 N–H and O–H groups in total. The highest BCUT2D eigenvalue weighted by Crippen LogP contribution is 2.25. The summed E-state index contributed by atoms with van der Waals surface area (Å²) >= 11 is 0. The minimum absolute atomic E-state index is 0.308. The largest absolute Gasteiger partial charge is 0.480 e. The Morgan fingerprint density at radius 1 is 1.10 bits per heavy atom. The fourth-order valence-corrected chi connectivity index (χ4v) is 2.23. The summed E-state index contributed by atoms with van der Waals surface area (Å²) in [6.07, 6.45) is 1.60. The normalized spacial score (nSPS) is 10.6. The van der Waals surface area contributed by atoms with Crippen LogP contribution in [0.2, 0.25) is 0 Å². The maximum absolute atomic E-state index is 11.6. The second kappa shape index (κ2) is 5.33. The van der Waals surface area contributed by atoms with Crippen LogP contribution >= 0.6 is 0 Å². The van der Waals surface area contributed by atoms with Gasteiger partial charge in [-0.25, -0.2) is 0 Å². The molecule has 0 unspecified atom stereocenters. The number of aliphatic carboxylic acids is 1. The summed E-state index contributed by atoms with van der Waals surface area (Å²) in [5, 5.41) is 8.83. The van der Waals surface area contributed by atoms with E-state index >= 15 is 0 Å². The number of aromatic nitrogens is 1. The van der Waals surface area contributed by atoms with Crippen molar-refractivity contribution in [2.75, 3.05) is 0 Å². The smallest absolute Gasteiger partial charge is 0.323 e. The van der Waals surface area contributed by atoms with Gasteiger partial charge < -0.3 is 9.67 Å². The average Bonchev–Trinajstić information content (AvgIpc) is 2.36. The molecule has 0 aliphatic rings. The monoisotopic (exact) mass is 271 g/mol. The van der Waals surface area contributed by atoms with E-state index in [2.05, 4.69) is 19.1 Å². The summed E-state index contributed by atoms with van der Waals surface area (Å²) in [7, 11) is 0. The molecular weight excluding hydrogens is 254 g/mol. The van der Waals surface area contributed by atoms with Crippen LogP contribution in [0.15, 0.2) is 35.3 Å². The fraction of sp³-hybridized carbons (Fsp3) is 0.250. The summed E-state index contributed by atoms with van der Waals surface area (Å²) in [5.74, 6) is -1.03. The average molecular weight is 271 g/mol. The highest BCUT2D eigenvalue weighted by Gasteiger charge is 2.08. The molecule has 0 saturated carbocycles. The van der Waals surface area contributed by atoms with Crippen LogP contribution in [-0.4, -0.2) is 15.6 Å². The first-order chi connectivity index (χ1) is 9.38. The molecule has 0 spiro atoms. The SMILES string of the molecule is Cc1cc(C)c(-c2ccc(=O)n(CC(=O)O)c2)cc1C. The van der Waals surface area contributed by atoms with E-state index in [0.29, 0.717) is 0 Å². The molecule has 0 atom stereocenters. The van der Waals surface area contributed by atoms with Crippen molar-refractivity contribution in [2.45, 2.75) is 27.3 Å². The van der Waals surface area contributed by atoms with Crippen molar-refractivity contribution >= 4 is 5.97 Å². The molecule has 4 nitrogen and oxygen atoms in total. The zero-order chi connectivity index (χ0) is 14.9. The van der Waals surface area contributed by atoms with E-state index in [9.17, 15) is 9.59 Å². The molecule has 0 saturated heterocycles. The van der Waals surface area contributed by atoms with Gasteiger partial charge in [-0.05, 0) is 54.7 Å². The quantitative estimate of drug-likeness (QED) is 0.933. The molecule has 1 aromatic heterocycles. The van der Waals surface area contributed by atoms with Crippen molar-refractivity contribution in [3.63, 3.8) is 0 Å². The third-order valence-electron chi connectivity index (χ3n) is 3.44. The first kappa shape index (κ1) is 14.1. The van der Waals surface area contributed by atoms with Crippen molar-refractivity contribution in [3.05, 3.63) is 57.5 Å². The number of carbonyl (C=O) groups is 1. The molecule has 4 heteroatoms. The van der Waals surface area contributed by atoms with E-state index in [1.807, 2.05) is 13.8 Å². The van der Waals surface area contributed by atoms with Crippen molar-refractivity contribution in [1.29, 1.82) is 0 Å². The number of rotatable bonds is 3. The summed E-state index contributed by atoms with van der Waals surface area (Å²) in [4.78, 5) is 22.4. The fourth-order valence-electron chi connectivity index (χ4n) is 2.23. The topological polar surface area (TPSA) is 59.3 Å². The number of pyridine rings is 1. The summed E-state index contributed by atoms with van der Waals surface area (Å²) in [6, 6.07) is 7.30. The van der Waals surface area contributed by atoms with Gasteiger partial charge in [0, 0.05) is 12.3 Å². The van der Waals surface area contributed by atoms with Gasteiger partial charge in [0.2, 0.25) is 0 Å². The maximum Gasteiger partial charge on any atom is 0.323 e. The molecule has 1 aromatic carbocycles. The molecule has 2 aromatic rings. The van der Waals surface area contributed by atoms with E-state index in [0.717, 1.165) is 16.7 Å². The Balaban J connectivity index is 2.56. The lowest BCUT2D eigenvalue weighted by molar-refractivity contribution is -0.137. The highest BCUT2D eigenvalue weighted by molar-refractivity contribution is 5.69. The van der Waals surface area contributed by atoms with Crippen molar-refractivity contribution < 1.29 is 9.90 Å². The van der Waals surface area contributed by atoms with Crippen LogP contribution < -0.4 is 5.56 Å². The molecule has 104 valence electrons. The molecule has 0 aliphatic carbocycles. The van der Waals surface area contributed by atoms with Crippen molar-refractivity contribution in [3.8, 4) is 11.1 Å². The van der Waals surface area contributed by atoms with E-state index in [-0.39, 0.29) is 12.1 Å². The van der Waals surface area contributed by atoms with Crippen LogP contribution in [0.3, 0.4) is 0 Å². The first-order valence-electron chi connectivity index (χ1n) is 6.39. The van der Waals surface area contributed by atoms with Crippen LogP contribution in [0.4, 0.5) is 0 Å². The van der Waals surface area contributed by atoms with E-state index in [4.69, 9.17) is 5.11 Å². The molecule has 0 aliphatic heterocycles. The number of benzene rings is 1. The molecule has 20 heavy (non-hydrogen) atoms. The lowest BCUT2D eigenvalue weighted by Crippen LogP contribution is -2.22. The molecule has 0 fully saturated rings. The highest BCUT2D eigenvalue weighted by atomic mass is 16.4. The zero-order valence-electron chi connectivity index (χ0n) is 11.8. The molecular formula is C16H17NO3. The minimum atomic E-state index is -1.03. The molecule has 1 heterocycles. The maximum atomic E-state index is 11.6. The lowest BCUT2D eigenvalue weighted by Gasteiger charge is -2.11. The number of aryl methyl sites for hydroxylation is 3. The minimum Gasteiger partial charge on any atom is -0.480 e. The van der Waals surface area contributed by atoms with Gasteiger partial charge in [0.05, 0.1) is 0 Å². The third kappa shape index (κ3) is 2.79. The van der Waals surface area contributed by atoms with Gasteiger partial charge in [0.15, 0.2) is 0 Å². The molecule has 2 rings (SSSR count). The zero-order valence-corrected chi connectivity index (χ0v) is 11.8. The predicted molar refractivity (Wildman–Crippen MR) is 78.0 cm³/mol. The number of nitrogens with zero attached hydrogens (tertiary/aromatic N) is 1. The number of hydrogen-bond acceptors (Lipinski definition) is 2. The van der Waals surface area contributed by atoms with Crippen LogP contribution in [0.1, 0.15) is 16.7 Å². The Morgan fingerprint density at radius 2 is 1.75 bits per heavy atom. The van der Waals surface area contributed by atoms with Crippen LogP contribution in [-0.2, 0) is 11.3 Å². The lowest BCUT2D eigenvalue weighted by atomic mass is 9.96. The number of carboxylic acid groups (broad SMARTS) is 1. The Labute approximate surface area is 117 Å². The standard InChI is InChI=1S/C16H17NO3/c1-10-6-12(3)14(7-11(10)2)13-4-5-15(18)17(8-13)9-16(19)20/h4-8H,9H2,1-3H3,(H,19,20). The van der Waals surface area contributed by atoms with Gasteiger partial charge in [-0.1, -0.05) is 12.1 Å². The van der Waals surface area contributed by atoms with Gasteiger partial charge in [-0.2, -0.15) is 0 Å². The summed E-state index contributed by atoms with van der Waals surface area (Å²) < 4.78 is 1.21. The van der Waals surface area contributed by atoms with Gasteiger partial charge in [0.25, 0.3) is 5.56 Å². The third-order valence-corrected chi connectivity index (χ3v) is 3.44. The second-order valence-corrected chi connectivity index (χ2v) is 5.03. The van der Waals surface area contributed by atoms with Crippen LogP contribution in [0.5, 0.6) is 0 Å². The van der Waals surface area contributed by atoms with E-state index < -0.39 is 5.97 Å². The first-order valence-corrected chi connectivity index (χ1v) is 6.39. The van der Waals surface area contributed by atoms with Crippen molar-refractivity contribution in [1.82, 2.24) is 4.57 Å². The Kier molecular flexibility index (Phi) is 3.74. The second-order valence-electron chi connectivity index (χ2n) is 5.03. The Bertz CT molecular complexity index is 729. The Hall–Kier alpha value is -2.36. The van der Waals surface area contributed by atoms with E-state index in [1.54, 1.807) is 12.3 Å². The molecule has 0 radical (unpaired) electrons. The molecule has 0 bridgehead atoms. The Morgan fingerprint density at radius 3 is 2.40 bits per heavy atom. The molecule has 0 amide bonds. The van der Waals surface area contributed by atoms with Gasteiger partial charge in [-0.15, -0.1) is 0 Å². The number of carboxylic acids is 1. The van der Waals surface area contributed by atoms with Gasteiger partial charge in [0.1, 0.15) is 6.54 Å².